The third-order valence-corrected chi connectivity index (χ3v) is 2.34. The summed E-state index contributed by atoms with van der Waals surface area (Å²) < 4.78 is 15.7. The van der Waals surface area contributed by atoms with Crippen molar-refractivity contribution in [1.82, 2.24) is 0 Å². The van der Waals surface area contributed by atoms with E-state index in [4.69, 9.17) is 19.3 Å². The van der Waals surface area contributed by atoms with E-state index in [1.165, 1.54) is 7.11 Å². The highest BCUT2D eigenvalue weighted by atomic mass is 16.5. The van der Waals surface area contributed by atoms with Crippen LogP contribution in [0, 0.1) is 0 Å². The van der Waals surface area contributed by atoms with Crippen molar-refractivity contribution < 1.29 is 24.1 Å². The molecule has 0 unspecified atom stereocenters. The van der Waals surface area contributed by atoms with Gasteiger partial charge in [-0.3, -0.25) is 4.79 Å². The summed E-state index contributed by atoms with van der Waals surface area (Å²) in [4.78, 5) is 11.6. The maximum atomic E-state index is 11.6. The van der Waals surface area contributed by atoms with Crippen LogP contribution in [-0.4, -0.2) is 44.0 Å². The van der Waals surface area contributed by atoms with Crippen LogP contribution in [0.15, 0.2) is 18.2 Å². The van der Waals surface area contributed by atoms with Crippen LogP contribution >= 0.6 is 0 Å². The number of methoxy groups -OCH3 is 1. The fourth-order valence-electron chi connectivity index (χ4n) is 1.46. The van der Waals surface area contributed by atoms with E-state index >= 15 is 0 Å². The third kappa shape index (κ3) is 5.46. The summed E-state index contributed by atoms with van der Waals surface area (Å²) in [6, 6.07) is 5.03. The number of aliphatic hydroxyl groups is 1. The first-order valence-electron chi connectivity index (χ1n) is 6.40. The summed E-state index contributed by atoms with van der Waals surface area (Å²) in [6.45, 7) is 3.78. The first kappa shape index (κ1) is 16.3. The normalized spacial score (nSPS) is 10.4. The van der Waals surface area contributed by atoms with Gasteiger partial charge < -0.3 is 24.6 Å². The molecule has 1 aromatic carbocycles. The molecule has 20 heavy (non-hydrogen) atoms. The second-order valence-corrected chi connectivity index (χ2v) is 4.35. The number of aliphatic hydroxyl groups excluding tert-OH is 1. The minimum absolute atomic E-state index is 0.0000610. The molecule has 1 aromatic rings. The molecule has 0 saturated heterocycles. The van der Waals surface area contributed by atoms with Crippen molar-refractivity contribution in [1.29, 1.82) is 0 Å². The van der Waals surface area contributed by atoms with Crippen molar-refractivity contribution in [2.75, 3.05) is 32.2 Å². The quantitative estimate of drug-likeness (QED) is 0.754. The van der Waals surface area contributed by atoms with Gasteiger partial charge in [0.2, 0.25) is 5.91 Å². The molecule has 1 amide bonds. The Morgan fingerprint density at radius 2 is 2.10 bits per heavy atom. The fourth-order valence-corrected chi connectivity index (χ4v) is 1.46. The molecule has 6 nitrogen and oxygen atoms in total. The molecule has 0 aliphatic carbocycles. The molecule has 0 spiro atoms. The second kappa shape index (κ2) is 8.39. The largest absolute Gasteiger partial charge is 0.493 e. The lowest BCUT2D eigenvalue weighted by molar-refractivity contribution is -0.121. The molecule has 0 aromatic heterocycles. The molecule has 0 bridgehead atoms. The van der Waals surface area contributed by atoms with Gasteiger partial charge in [-0.25, -0.2) is 0 Å². The van der Waals surface area contributed by atoms with E-state index in [9.17, 15) is 4.79 Å². The Hall–Kier alpha value is -1.79. The highest BCUT2D eigenvalue weighted by Gasteiger charge is 2.09. The van der Waals surface area contributed by atoms with Crippen LogP contribution in [0.3, 0.4) is 0 Å². The summed E-state index contributed by atoms with van der Waals surface area (Å²) >= 11 is 0. The Morgan fingerprint density at radius 3 is 2.70 bits per heavy atom. The van der Waals surface area contributed by atoms with E-state index in [1.54, 1.807) is 18.2 Å². The van der Waals surface area contributed by atoms with Crippen LogP contribution in [-0.2, 0) is 9.53 Å². The number of carbonyl (C=O) groups is 1. The number of ether oxygens (including phenoxy) is 3. The summed E-state index contributed by atoms with van der Waals surface area (Å²) in [5.74, 6) is 0.760. The fraction of sp³-hybridized carbons (Fsp3) is 0.500. The minimum Gasteiger partial charge on any atom is -0.493 e. The van der Waals surface area contributed by atoms with Crippen molar-refractivity contribution in [3.05, 3.63) is 18.2 Å². The van der Waals surface area contributed by atoms with Crippen molar-refractivity contribution in [3.63, 3.8) is 0 Å². The van der Waals surface area contributed by atoms with Crippen LogP contribution in [0.1, 0.15) is 13.8 Å². The molecule has 6 heteroatoms. The molecule has 0 atom stereocenters. The minimum atomic E-state index is -0.239. The number of hydrogen-bond acceptors (Lipinski definition) is 5. The van der Waals surface area contributed by atoms with Gasteiger partial charge in [0.05, 0.1) is 19.8 Å². The Bertz CT molecular complexity index is 434. The summed E-state index contributed by atoms with van der Waals surface area (Å²) in [5.41, 5.74) is 0.580. The SMILES string of the molecule is COc1ccc(NC(=O)COC(C)C)cc1OCCO. The van der Waals surface area contributed by atoms with Gasteiger partial charge in [-0.1, -0.05) is 0 Å². The van der Waals surface area contributed by atoms with Crippen LogP contribution in [0.25, 0.3) is 0 Å². The van der Waals surface area contributed by atoms with Gasteiger partial charge in [0.15, 0.2) is 11.5 Å². The monoisotopic (exact) mass is 283 g/mol. The predicted octanol–water partition coefficient (Wildman–Crippen LogP) is 1.43. The van der Waals surface area contributed by atoms with E-state index < -0.39 is 0 Å². The number of benzene rings is 1. The highest BCUT2D eigenvalue weighted by molar-refractivity contribution is 5.92. The topological polar surface area (TPSA) is 77.0 Å². The van der Waals surface area contributed by atoms with Gasteiger partial charge in [0, 0.05) is 11.8 Å². The van der Waals surface area contributed by atoms with Gasteiger partial charge in [0.1, 0.15) is 13.2 Å². The molecule has 112 valence electrons. The number of amides is 1. The Labute approximate surface area is 118 Å². The lowest BCUT2D eigenvalue weighted by Gasteiger charge is -2.13. The van der Waals surface area contributed by atoms with Gasteiger partial charge in [-0.05, 0) is 26.0 Å². The molecular formula is C14H21NO5. The van der Waals surface area contributed by atoms with Crippen molar-refractivity contribution >= 4 is 11.6 Å². The van der Waals surface area contributed by atoms with Crippen LogP contribution in [0.4, 0.5) is 5.69 Å². The van der Waals surface area contributed by atoms with Crippen molar-refractivity contribution in [2.45, 2.75) is 20.0 Å². The zero-order chi connectivity index (χ0) is 15.0. The molecule has 0 saturated carbocycles. The van der Waals surface area contributed by atoms with E-state index in [1.807, 2.05) is 13.8 Å². The predicted molar refractivity (Wildman–Crippen MR) is 75.3 cm³/mol. The smallest absolute Gasteiger partial charge is 0.250 e. The third-order valence-electron chi connectivity index (χ3n) is 2.34. The average molecular weight is 283 g/mol. The lowest BCUT2D eigenvalue weighted by atomic mass is 10.2. The standard InChI is InChI=1S/C14H21NO5/c1-10(2)20-9-14(17)15-11-4-5-12(18-3)13(8-11)19-7-6-16/h4-5,8,10,16H,6-7,9H2,1-3H3,(H,15,17). The van der Waals surface area contributed by atoms with Gasteiger partial charge in [-0.15, -0.1) is 0 Å². The van der Waals surface area contributed by atoms with Gasteiger partial charge >= 0.3 is 0 Å². The highest BCUT2D eigenvalue weighted by Crippen LogP contribution is 2.30. The molecular weight excluding hydrogens is 262 g/mol. The Balaban J connectivity index is 2.68. The maximum Gasteiger partial charge on any atom is 0.250 e. The molecule has 0 heterocycles. The van der Waals surface area contributed by atoms with E-state index in [0.29, 0.717) is 17.2 Å². The van der Waals surface area contributed by atoms with Crippen molar-refractivity contribution in [3.8, 4) is 11.5 Å². The second-order valence-electron chi connectivity index (χ2n) is 4.35. The van der Waals surface area contributed by atoms with Gasteiger partial charge in [0.25, 0.3) is 0 Å². The first-order chi connectivity index (χ1) is 9.56. The van der Waals surface area contributed by atoms with Crippen LogP contribution in [0.5, 0.6) is 11.5 Å². The lowest BCUT2D eigenvalue weighted by Crippen LogP contribution is -2.20. The first-order valence-corrected chi connectivity index (χ1v) is 6.40. The van der Waals surface area contributed by atoms with Crippen LogP contribution in [0.2, 0.25) is 0 Å². The molecule has 0 aliphatic heterocycles. The molecule has 0 fully saturated rings. The van der Waals surface area contributed by atoms with E-state index in [0.717, 1.165) is 0 Å². The summed E-state index contributed by atoms with van der Waals surface area (Å²) in [5, 5.41) is 11.5. The molecule has 0 radical (unpaired) electrons. The number of rotatable bonds is 8. The molecule has 1 rings (SSSR count). The number of anilines is 1. The molecule has 0 aliphatic rings. The number of carbonyl (C=O) groups excluding carboxylic acids is 1. The number of hydrogen-bond donors (Lipinski definition) is 2. The summed E-state index contributed by atoms with van der Waals surface area (Å²) in [6.07, 6.45) is 0.0000610. The van der Waals surface area contributed by atoms with E-state index in [2.05, 4.69) is 5.32 Å². The zero-order valence-corrected chi connectivity index (χ0v) is 12.0. The zero-order valence-electron chi connectivity index (χ0n) is 12.0. The Morgan fingerprint density at radius 1 is 1.35 bits per heavy atom. The number of nitrogens with one attached hydrogen (secondary N) is 1. The van der Waals surface area contributed by atoms with Crippen LogP contribution < -0.4 is 14.8 Å². The van der Waals surface area contributed by atoms with Gasteiger partial charge in [-0.2, -0.15) is 0 Å². The Kier molecular flexibility index (Phi) is 6.83. The maximum absolute atomic E-state index is 11.6. The van der Waals surface area contributed by atoms with E-state index in [-0.39, 0.29) is 31.8 Å². The van der Waals surface area contributed by atoms with Crippen molar-refractivity contribution in [2.24, 2.45) is 0 Å². The average Bonchev–Trinajstić information content (AvgIpc) is 2.43. The summed E-state index contributed by atoms with van der Waals surface area (Å²) in [7, 11) is 1.52. The molecule has 2 N–H and O–H groups in total.